The highest BCUT2D eigenvalue weighted by atomic mass is 19.4. The van der Waals surface area contributed by atoms with Crippen molar-refractivity contribution in [3.05, 3.63) is 46.9 Å². The van der Waals surface area contributed by atoms with Crippen molar-refractivity contribution >= 4 is 11.9 Å². The van der Waals surface area contributed by atoms with Crippen molar-refractivity contribution in [2.24, 2.45) is 0 Å². The van der Waals surface area contributed by atoms with Crippen LogP contribution in [0.2, 0.25) is 0 Å². The maximum absolute atomic E-state index is 11.6. The van der Waals surface area contributed by atoms with Crippen LogP contribution in [0.3, 0.4) is 0 Å². The normalized spacial score (nSPS) is 13.2. The van der Waals surface area contributed by atoms with E-state index in [9.17, 15) is 23.2 Å². The molecule has 0 radical (unpaired) electrons. The molecule has 11 heteroatoms. The Kier molecular flexibility index (Phi) is 10.8. The quantitative estimate of drug-likeness (QED) is 0.498. The average molecular weight is 506 g/mol. The van der Waals surface area contributed by atoms with Crippen LogP contribution in [0, 0.1) is 25.2 Å². The molecule has 3 rings (SSSR count). The molecule has 1 saturated heterocycles. The molecule has 0 unspecified atom stereocenters. The second-order valence-corrected chi connectivity index (χ2v) is 8.47. The third-order valence-electron chi connectivity index (χ3n) is 5.66. The number of benzene rings is 1. The number of aromatic nitrogens is 2. The monoisotopic (exact) mass is 505 g/mol. The fourth-order valence-corrected chi connectivity index (χ4v) is 3.58. The van der Waals surface area contributed by atoms with Crippen molar-refractivity contribution < 1.29 is 27.9 Å². The topological polar surface area (TPSA) is 119 Å². The second-order valence-electron chi connectivity index (χ2n) is 8.47. The summed E-state index contributed by atoms with van der Waals surface area (Å²) in [6.45, 7) is 7.72. The molecule has 1 aliphatic rings. The number of amides is 1. The lowest BCUT2D eigenvalue weighted by molar-refractivity contribution is -0.192. The summed E-state index contributed by atoms with van der Waals surface area (Å²) in [5.74, 6) is -2.24. The van der Waals surface area contributed by atoms with E-state index < -0.39 is 12.1 Å². The highest BCUT2D eigenvalue weighted by molar-refractivity contribution is 5.78. The van der Waals surface area contributed by atoms with Gasteiger partial charge >= 0.3 is 12.1 Å². The summed E-state index contributed by atoms with van der Waals surface area (Å²) in [5, 5.41) is 19.9. The van der Waals surface area contributed by atoms with E-state index in [1.807, 2.05) is 17.0 Å². The van der Waals surface area contributed by atoms with Crippen LogP contribution in [0.5, 0.6) is 0 Å². The van der Waals surface area contributed by atoms with Gasteiger partial charge < -0.3 is 15.3 Å². The van der Waals surface area contributed by atoms with Crippen molar-refractivity contribution in [1.29, 1.82) is 5.26 Å². The number of carboxylic acids is 1. The number of carboxylic acid groups (broad SMARTS) is 1. The molecule has 0 aliphatic carbocycles. The molecule has 0 saturated carbocycles. The van der Waals surface area contributed by atoms with E-state index >= 15 is 0 Å². The third-order valence-corrected chi connectivity index (χ3v) is 5.66. The van der Waals surface area contributed by atoms with E-state index in [0.717, 1.165) is 68.8 Å². The van der Waals surface area contributed by atoms with Crippen LogP contribution in [0.15, 0.2) is 24.3 Å². The Morgan fingerprint density at radius 1 is 1.17 bits per heavy atom. The number of nitriles is 1. The molecule has 1 aromatic carbocycles. The van der Waals surface area contributed by atoms with E-state index in [-0.39, 0.29) is 5.82 Å². The van der Waals surface area contributed by atoms with Crippen LogP contribution in [0.4, 0.5) is 13.2 Å². The summed E-state index contributed by atoms with van der Waals surface area (Å²) >= 11 is 0. The summed E-state index contributed by atoms with van der Waals surface area (Å²) in [6.07, 6.45) is -0.653. The number of nitrogens with one attached hydrogen (secondary N) is 1. The maximum Gasteiger partial charge on any atom is 0.490 e. The van der Waals surface area contributed by atoms with Crippen molar-refractivity contribution in [2.45, 2.75) is 52.1 Å². The number of aryl methyl sites for hydroxylation is 3. The summed E-state index contributed by atoms with van der Waals surface area (Å²) in [6, 6.07) is 10.3. The van der Waals surface area contributed by atoms with Gasteiger partial charge in [0.1, 0.15) is 6.07 Å². The highest BCUT2D eigenvalue weighted by Crippen LogP contribution is 2.21. The van der Waals surface area contributed by atoms with Crippen molar-refractivity contribution in [3.8, 4) is 17.3 Å². The zero-order valence-electron chi connectivity index (χ0n) is 20.4. The molecule has 1 fully saturated rings. The van der Waals surface area contributed by atoms with E-state index in [1.165, 1.54) is 11.1 Å². The lowest BCUT2D eigenvalue weighted by Gasteiger charge is -2.15. The van der Waals surface area contributed by atoms with Gasteiger partial charge in [0.05, 0.1) is 5.69 Å². The number of alkyl halides is 3. The number of halogens is 3. The number of hydrogen-bond acceptors (Lipinski definition) is 6. The largest absolute Gasteiger partial charge is 0.490 e. The molecule has 1 aliphatic heterocycles. The third kappa shape index (κ3) is 9.26. The standard InChI is InChI=1S/C23H29N5O.C2HF3O2/c1-17-8-9-19(14-18(17)2)21-15-20(26-22(16-24)27-21)6-3-10-25-11-5-13-28-12-4-7-23(28)29;3-2(4,5)1(6)7/h8-9,14-15,25H,3-7,10-13H2,1-2H3;(H,6,7). The Labute approximate surface area is 208 Å². The SMILES string of the molecule is Cc1ccc(-c2cc(CCCNCCCN3CCCC3=O)nc(C#N)n2)cc1C.O=C(O)C(F)(F)F. The molecule has 8 nitrogen and oxygen atoms in total. The molecule has 2 heterocycles. The molecule has 0 spiro atoms. The minimum absolute atomic E-state index is 0.221. The zero-order chi connectivity index (χ0) is 26.7. The van der Waals surface area contributed by atoms with E-state index in [1.54, 1.807) is 0 Å². The molecule has 1 aromatic heterocycles. The Morgan fingerprint density at radius 2 is 1.86 bits per heavy atom. The molecule has 36 heavy (non-hydrogen) atoms. The number of rotatable bonds is 9. The van der Waals surface area contributed by atoms with Gasteiger partial charge in [0.25, 0.3) is 0 Å². The van der Waals surface area contributed by atoms with Crippen LogP contribution in [-0.4, -0.2) is 64.2 Å². The molecule has 2 aromatic rings. The van der Waals surface area contributed by atoms with Crippen molar-refractivity contribution in [1.82, 2.24) is 20.2 Å². The van der Waals surface area contributed by atoms with Crippen LogP contribution >= 0.6 is 0 Å². The van der Waals surface area contributed by atoms with Gasteiger partial charge in [0.2, 0.25) is 11.7 Å². The number of nitrogens with zero attached hydrogens (tertiary/aromatic N) is 4. The van der Waals surface area contributed by atoms with Crippen molar-refractivity contribution in [2.75, 3.05) is 26.2 Å². The molecule has 1 amide bonds. The van der Waals surface area contributed by atoms with Gasteiger partial charge in [-0.05, 0) is 75.9 Å². The first-order chi connectivity index (χ1) is 17.0. The van der Waals surface area contributed by atoms with Gasteiger partial charge in [0.15, 0.2) is 0 Å². The van der Waals surface area contributed by atoms with Gasteiger partial charge in [-0.15, -0.1) is 0 Å². The molecular weight excluding hydrogens is 475 g/mol. The maximum atomic E-state index is 11.6. The molecule has 0 bridgehead atoms. The van der Waals surface area contributed by atoms with Crippen LogP contribution < -0.4 is 5.32 Å². The predicted octanol–water partition coefficient (Wildman–Crippen LogP) is 3.80. The summed E-state index contributed by atoms with van der Waals surface area (Å²) in [4.78, 5) is 31.2. The minimum atomic E-state index is -5.08. The first kappa shape index (κ1) is 28.7. The van der Waals surface area contributed by atoms with E-state index in [2.05, 4.69) is 47.3 Å². The zero-order valence-corrected chi connectivity index (χ0v) is 20.4. The number of aliphatic carboxylic acids is 1. The number of carbonyl (C=O) groups excluding carboxylic acids is 1. The van der Waals surface area contributed by atoms with Gasteiger partial charge in [-0.3, -0.25) is 4.79 Å². The van der Waals surface area contributed by atoms with Gasteiger partial charge in [0, 0.05) is 30.8 Å². The first-order valence-corrected chi connectivity index (χ1v) is 11.7. The second kappa shape index (κ2) is 13.5. The predicted molar refractivity (Wildman–Crippen MR) is 127 cm³/mol. The van der Waals surface area contributed by atoms with E-state index in [0.29, 0.717) is 12.3 Å². The number of carbonyl (C=O) groups is 2. The summed E-state index contributed by atoms with van der Waals surface area (Å²) in [7, 11) is 0. The molecular formula is C25H30F3N5O3. The molecule has 2 N–H and O–H groups in total. The minimum Gasteiger partial charge on any atom is -0.475 e. The first-order valence-electron chi connectivity index (χ1n) is 11.7. The summed E-state index contributed by atoms with van der Waals surface area (Å²) in [5.41, 5.74) is 5.17. The molecule has 194 valence electrons. The number of likely N-dealkylation sites (tertiary alicyclic amines) is 1. The Hall–Kier alpha value is -3.52. The van der Waals surface area contributed by atoms with Crippen LogP contribution in [0.25, 0.3) is 11.3 Å². The smallest absolute Gasteiger partial charge is 0.475 e. The Bertz CT molecular complexity index is 1100. The summed E-state index contributed by atoms with van der Waals surface area (Å²) < 4.78 is 31.7. The van der Waals surface area contributed by atoms with Crippen molar-refractivity contribution in [3.63, 3.8) is 0 Å². The van der Waals surface area contributed by atoms with Gasteiger partial charge in [-0.2, -0.15) is 18.4 Å². The van der Waals surface area contributed by atoms with Gasteiger partial charge in [-0.25, -0.2) is 14.8 Å². The number of hydrogen-bond donors (Lipinski definition) is 2. The lowest BCUT2D eigenvalue weighted by atomic mass is 10.0. The van der Waals surface area contributed by atoms with Crippen LogP contribution in [0.1, 0.15) is 48.3 Å². The van der Waals surface area contributed by atoms with E-state index in [4.69, 9.17) is 9.90 Å². The fraction of sp³-hybridized carbons (Fsp3) is 0.480. The van der Waals surface area contributed by atoms with Crippen LogP contribution in [-0.2, 0) is 16.0 Å². The Morgan fingerprint density at radius 3 is 2.44 bits per heavy atom. The Balaban J connectivity index is 0.000000572. The average Bonchev–Trinajstić information content (AvgIpc) is 3.24. The molecule has 0 atom stereocenters. The van der Waals surface area contributed by atoms with Gasteiger partial charge in [-0.1, -0.05) is 12.1 Å². The lowest BCUT2D eigenvalue weighted by Crippen LogP contribution is -2.28. The fourth-order valence-electron chi connectivity index (χ4n) is 3.58. The highest BCUT2D eigenvalue weighted by Gasteiger charge is 2.38.